The molecule has 1 saturated carbocycles. The quantitative estimate of drug-likeness (QED) is 0.543. The third-order valence-corrected chi connectivity index (χ3v) is 9.21. The van der Waals surface area contributed by atoms with Crippen LogP contribution >= 0.6 is 11.6 Å². The first-order valence-electron chi connectivity index (χ1n) is 12.0. The van der Waals surface area contributed by atoms with Crippen LogP contribution in [-0.2, 0) is 26.1 Å². The van der Waals surface area contributed by atoms with Crippen LogP contribution in [0.5, 0.6) is 0 Å². The van der Waals surface area contributed by atoms with E-state index < -0.39 is 16.1 Å². The SMILES string of the molecule is COC1CCCC(N(Cc2ccc(Cl)cc2)C(=O)[C@@H]2CCCN2S(=O)(=O)c2ccc(C)cc2)C1. The number of ether oxygens (including phenoxy) is 1. The zero-order valence-corrected chi connectivity index (χ0v) is 21.4. The molecular formula is C26H33ClN2O4S. The van der Waals surface area contributed by atoms with Crippen molar-refractivity contribution in [2.45, 2.75) is 75.1 Å². The smallest absolute Gasteiger partial charge is 0.243 e. The van der Waals surface area contributed by atoms with Gasteiger partial charge >= 0.3 is 0 Å². The monoisotopic (exact) mass is 504 g/mol. The third kappa shape index (κ3) is 5.48. The fourth-order valence-electron chi connectivity index (χ4n) is 5.10. The molecule has 1 aliphatic heterocycles. The maximum absolute atomic E-state index is 14.0. The van der Waals surface area contributed by atoms with E-state index in [4.69, 9.17) is 16.3 Å². The van der Waals surface area contributed by atoms with Crippen LogP contribution in [0, 0.1) is 6.92 Å². The standard InChI is InChI=1S/C26H33ClN2O4S/c1-19-8-14-24(15-9-19)34(31,32)29-16-4-7-25(29)26(30)28(18-20-10-12-21(27)13-11-20)22-5-3-6-23(17-22)33-2/h8-15,22-23,25H,3-7,16-18H2,1-2H3/t22?,23?,25-/m0/s1. The second-order valence-electron chi connectivity index (χ2n) is 9.36. The lowest BCUT2D eigenvalue weighted by atomic mass is 9.90. The van der Waals surface area contributed by atoms with Crippen LogP contribution in [-0.4, -0.2) is 55.4 Å². The Hall–Kier alpha value is -1.93. The summed E-state index contributed by atoms with van der Waals surface area (Å²) in [6.07, 6.45) is 4.90. The number of methoxy groups -OCH3 is 1. The van der Waals surface area contributed by atoms with E-state index in [0.29, 0.717) is 31.0 Å². The highest BCUT2D eigenvalue weighted by atomic mass is 35.5. The molecule has 2 unspecified atom stereocenters. The predicted molar refractivity (Wildman–Crippen MR) is 133 cm³/mol. The minimum Gasteiger partial charge on any atom is -0.381 e. The largest absolute Gasteiger partial charge is 0.381 e. The molecule has 2 aromatic rings. The van der Waals surface area contributed by atoms with Gasteiger partial charge in [0.15, 0.2) is 0 Å². The van der Waals surface area contributed by atoms with Gasteiger partial charge in [-0.15, -0.1) is 0 Å². The molecule has 3 atom stereocenters. The number of benzene rings is 2. The Balaban J connectivity index is 1.62. The van der Waals surface area contributed by atoms with Gasteiger partial charge in [0.05, 0.1) is 11.0 Å². The van der Waals surface area contributed by atoms with Crippen molar-refractivity contribution >= 4 is 27.5 Å². The molecule has 1 amide bonds. The number of carbonyl (C=O) groups excluding carboxylic acids is 1. The van der Waals surface area contributed by atoms with Crippen molar-refractivity contribution in [3.8, 4) is 0 Å². The van der Waals surface area contributed by atoms with Gasteiger partial charge in [-0.1, -0.05) is 41.4 Å². The predicted octanol–water partition coefficient (Wildman–Crippen LogP) is 4.79. The second kappa shape index (κ2) is 10.8. The number of nitrogens with zero attached hydrogens (tertiary/aromatic N) is 2. The Morgan fingerprint density at radius 2 is 1.76 bits per heavy atom. The van der Waals surface area contributed by atoms with E-state index in [1.54, 1.807) is 31.4 Å². The van der Waals surface area contributed by atoms with Crippen LogP contribution in [0.15, 0.2) is 53.4 Å². The maximum Gasteiger partial charge on any atom is 0.243 e. The van der Waals surface area contributed by atoms with E-state index in [2.05, 4.69) is 0 Å². The summed E-state index contributed by atoms with van der Waals surface area (Å²) in [5, 5.41) is 0.643. The first kappa shape index (κ1) is 25.2. The van der Waals surface area contributed by atoms with E-state index in [1.165, 1.54) is 4.31 Å². The fraction of sp³-hybridized carbons (Fsp3) is 0.500. The molecule has 34 heavy (non-hydrogen) atoms. The molecule has 0 spiro atoms. The number of aryl methyl sites for hydroxylation is 1. The zero-order valence-electron chi connectivity index (χ0n) is 19.8. The molecular weight excluding hydrogens is 472 g/mol. The summed E-state index contributed by atoms with van der Waals surface area (Å²) in [6.45, 7) is 2.70. The van der Waals surface area contributed by atoms with Gasteiger partial charge in [-0.2, -0.15) is 4.31 Å². The van der Waals surface area contributed by atoms with Crippen LogP contribution in [0.4, 0.5) is 0 Å². The van der Waals surface area contributed by atoms with Crippen molar-refractivity contribution in [2.24, 2.45) is 0 Å². The summed E-state index contributed by atoms with van der Waals surface area (Å²) in [5.74, 6) is -0.120. The Bertz CT molecular complexity index is 1090. The van der Waals surface area contributed by atoms with E-state index >= 15 is 0 Å². The first-order valence-corrected chi connectivity index (χ1v) is 13.8. The Kier molecular flexibility index (Phi) is 7.97. The summed E-state index contributed by atoms with van der Waals surface area (Å²) in [5.41, 5.74) is 1.97. The van der Waals surface area contributed by atoms with Crippen LogP contribution in [0.3, 0.4) is 0 Å². The fourth-order valence-corrected chi connectivity index (χ4v) is 6.88. The van der Waals surface area contributed by atoms with E-state index in [1.807, 2.05) is 36.1 Å². The normalized spacial score (nSPS) is 23.7. The highest BCUT2D eigenvalue weighted by Crippen LogP contribution is 2.32. The van der Waals surface area contributed by atoms with Gasteiger partial charge in [0, 0.05) is 31.3 Å². The van der Waals surface area contributed by atoms with E-state index in [-0.39, 0.29) is 22.9 Å². The summed E-state index contributed by atoms with van der Waals surface area (Å²) in [6, 6.07) is 13.6. The summed E-state index contributed by atoms with van der Waals surface area (Å²) < 4.78 is 34.0. The summed E-state index contributed by atoms with van der Waals surface area (Å²) in [7, 11) is -2.05. The third-order valence-electron chi connectivity index (χ3n) is 7.04. The molecule has 4 rings (SSSR count). The Morgan fingerprint density at radius 1 is 1.06 bits per heavy atom. The van der Waals surface area contributed by atoms with E-state index in [0.717, 1.165) is 36.8 Å². The number of halogens is 1. The zero-order chi connectivity index (χ0) is 24.3. The van der Waals surface area contributed by atoms with Gasteiger partial charge in [0.2, 0.25) is 15.9 Å². The summed E-state index contributed by atoms with van der Waals surface area (Å²) >= 11 is 6.07. The van der Waals surface area contributed by atoms with Crippen molar-refractivity contribution < 1.29 is 17.9 Å². The molecule has 1 saturated heterocycles. The molecule has 0 aromatic heterocycles. The molecule has 0 bridgehead atoms. The molecule has 1 heterocycles. The molecule has 1 aliphatic carbocycles. The number of hydrogen-bond donors (Lipinski definition) is 0. The molecule has 2 aliphatic rings. The van der Waals surface area contributed by atoms with Crippen LogP contribution < -0.4 is 0 Å². The van der Waals surface area contributed by atoms with Gasteiger partial charge in [0.25, 0.3) is 0 Å². The minimum atomic E-state index is -3.76. The highest BCUT2D eigenvalue weighted by molar-refractivity contribution is 7.89. The van der Waals surface area contributed by atoms with Gasteiger partial charge in [-0.3, -0.25) is 4.79 Å². The van der Waals surface area contributed by atoms with Crippen LogP contribution in [0.2, 0.25) is 5.02 Å². The molecule has 2 aromatic carbocycles. The average molecular weight is 505 g/mol. The van der Waals surface area contributed by atoms with Gasteiger partial charge in [-0.25, -0.2) is 8.42 Å². The van der Waals surface area contributed by atoms with Crippen molar-refractivity contribution in [3.05, 3.63) is 64.7 Å². The molecule has 0 N–H and O–H groups in total. The van der Waals surface area contributed by atoms with Crippen molar-refractivity contribution in [3.63, 3.8) is 0 Å². The molecule has 6 nitrogen and oxygen atoms in total. The first-order chi connectivity index (χ1) is 16.3. The molecule has 0 radical (unpaired) electrons. The topological polar surface area (TPSA) is 66.9 Å². The van der Waals surface area contributed by atoms with Gasteiger partial charge in [0.1, 0.15) is 6.04 Å². The highest BCUT2D eigenvalue weighted by Gasteiger charge is 2.43. The Morgan fingerprint density at radius 3 is 2.44 bits per heavy atom. The van der Waals surface area contributed by atoms with Gasteiger partial charge in [-0.05, 0) is 75.3 Å². The number of carbonyl (C=O) groups is 1. The van der Waals surface area contributed by atoms with Crippen molar-refractivity contribution in [2.75, 3.05) is 13.7 Å². The van der Waals surface area contributed by atoms with Crippen molar-refractivity contribution in [1.29, 1.82) is 0 Å². The van der Waals surface area contributed by atoms with Gasteiger partial charge < -0.3 is 9.64 Å². The average Bonchev–Trinajstić information content (AvgIpc) is 3.35. The maximum atomic E-state index is 14.0. The van der Waals surface area contributed by atoms with Crippen LogP contribution in [0.1, 0.15) is 49.7 Å². The lowest BCUT2D eigenvalue weighted by molar-refractivity contribution is -0.139. The minimum absolute atomic E-state index is 0.00593. The van der Waals surface area contributed by atoms with E-state index in [9.17, 15) is 13.2 Å². The molecule has 184 valence electrons. The number of amides is 1. The number of rotatable bonds is 7. The number of sulfonamides is 1. The number of hydrogen-bond acceptors (Lipinski definition) is 4. The second-order valence-corrected chi connectivity index (χ2v) is 11.7. The summed E-state index contributed by atoms with van der Waals surface area (Å²) in [4.78, 5) is 16.1. The lowest BCUT2D eigenvalue weighted by Gasteiger charge is -2.39. The molecule has 2 fully saturated rings. The molecule has 8 heteroatoms. The Labute approximate surface area is 207 Å². The lowest BCUT2D eigenvalue weighted by Crippen LogP contribution is -2.52. The van der Waals surface area contributed by atoms with Crippen LogP contribution in [0.25, 0.3) is 0 Å². The van der Waals surface area contributed by atoms with Crippen molar-refractivity contribution in [1.82, 2.24) is 9.21 Å².